The van der Waals surface area contributed by atoms with Gasteiger partial charge in [-0.25, -0.2) is 0 Å². The fourth-order valence-corrected chi connectivity index (χ4v) is 1.69. The molecule has 0 bridgehead atoms. The van der Waals surface area contributed by atoms with Crippen molar-refractivity contribution in [1.82, 2.24) is 10.2 Å². The number of nitrogens with zero attached hydrogens (tertiary/aromatic N) is 1. The zero-order chi connectivity index (χ0) is 15.0. The third kappa shape index (κ3) is 5.07. The summed E-state index contributed by atoms with van der Waals surface area (Å²) in [6.07, 6.45) is 0. The van der Waals surface area contributed by atoms with Crippen LogP contribution in [0, 0.1) is 0 Å². The van der Waals surface area contributed by atoms with Gasteiger partial charge in [0.15, 0.2) is 11.5 Å². The monoisotopic (exact) mass is 282 g/mol. The zero-order valence-electron chi connectivity index (χ0n) is 12.2. The van der Waals surface area contributed by atoms with Gasteiger partial charge in [0, 0.05) is 27.2 Å². The number of rotatable bonds is 8. The van der Waals surface area contributed by atoms with Crippen molar-refractivity contribution in [3.05, 3.63) is 23.8 Å². The SMILES string of the molecule is COCCNCC(=O)N(C)Cc1ccc(O)c(OC)c1. The Labute approximate surface area is 119 Å². The molecule has 0 atom stereocenters. The average molecular weight is 282 g/mol. The van der Waals surface area contributed by atoms with Crippen LogP contribution in [0.4, 0.5) is 0 Å². The molecule has 0 unspecified atom stereocenters. The Kier molecular flexibility index (Phi) is 6.83. The van der Waals surface area contributed by atoms with Gasteiger partial charge >= 0.3 is 0 Å². The van der Waals surface area contributed by atoms with Gasteiger partial charge in [-0.05, 0) is 17.7 Å². The van der Waals surface area contributed by atoms with Crippen molar-refractivity contribution in [2.75, 3.05) is 41.0 Å². The van der Waals surface area contributed by atoms with Crippen LogP contribution in [-0.2, 0) is 16.1 Å². The van der Waals surface area contributed by atoms with Crippen molar-refractivity contribution in [2.45, 2.75) is 6.54 Å². The fourth-order valence-electron chi connectivity index (χ4n) is 1.69. The summed E-state index contributed by atoms with van der Waals surface area (Å²) in [6, 6.07) is 5.04. The maximum absolute atomic E-state index is 11.9. The summed E-state index contributed by atoms with van der Waals surface area (Å²) in [4.78, 5) is 13.5. The van der Waals surface area contributed by atoms with Crippen molar-refractivity contribution in [2.24, 2.45) is 0 Å². The van der Waals surface area contributed by atoms with Gasteiger partial charge in [-0.1, -0.05) is 6.07 Å². The van der Waals surface area contributed by atoms with Crippen molar-refractivity contribution >= 4 is 5.91 Å². The number of phenolic OH excluding ortho intramolecular Hbond substituents is 1. The lowest BCUT2D eigenvalue weighted by molar-refractivity contribution is -0.129. The summed E-state index contributed by atoms with van der Waals surface area (Å²) in [7, 11) is 4.85. The van der Waals surface area contributed by atoms with E-state index in [-0.39, 0.29) is 18.2 Å². The second-order valence-electron chi connectivity index (χ2n) is 4.43. The molecule has 0 aliphatic rings. The van der Waals surface area contributed by atoms with Gasteiger partial charge in [0.25, 0.3) is 0 Å². The lowest BCUT2D eigenvalue weighted by Crippen LogP contribution is -2.36. The minimum absolute atomic E-state index is 0.00635. The second kappa shape index (κ2) is 8.39. The van der Waals surface area contributed by atoms with E-state index in [1.165, 1.54) is 7.11 Å². The van der Waals surface area contributed by atoms with E-state index in [1.807, 2.05) is 0 Å². The highest BCUT2D eigenvalue weighted by Crippen LogP contribution is 2.26. The Morgan fingerprint density at radius 2 is 2.15 bits per heavy atom. The Bertz CT molecular complexity index is 437. The second-order valence-corrected chi connectivity index (χ2v) is 4.43. The van der Waals surface area contributed by atoms with Gasteiger partial charge in [-0.3, -0.25) is 4.79 Å². The first-order valence-electron chi connectivity index (χ1n) is 6.38. The Hall–Kier alpha value is -1.79. The van der Waals surface area contributed by atoms with Crippen molar-refractivity contribution in [1.29, 1.82) is 0 Å². The van der Waals surface area contributed by atoms with Crippen LogP contribution >= 0.6 is 0 Å². The van der Waals surface area contributed by atoms with Crippen molar-refractivity contribution in [3.8, 4) is 11.5 Å². The molecule has 0 saturated heterocycles. The first-order chi connectivity index (χ1) is 9.58. The Morgan fingerprint density at radius 1 is 1.40 bits per heavy atom. The van der Waals surface area contributed by atoms with Crippen molar-refractivity contribution < 1.29 is 19.4 Å². The Balaban J connectivity index is 2.48. The highest BCUT2D eigenvalue weighted by Gasteiger charge is 2.10. The third-order valence-corrected chi connectivity index (χ3v) is 2.85. The topological polar surface area (TPSA) is 71.0 Å². The number of methoxy groups -OCH3 is 2. The third-order valence-electron chi connectivity index (χ3n) is 2.85. The van der Waals surface area contributed by atoms with E-state index < -0.39 is 0 Å². The zero-order valence-corrected chi connectivity index (χ0v) is 12.2. The van der Waals surface area contributed by atoms with E-state index in [1.54, 1.807) is 37.3 Å². The number of phenols is 1. The van der Waals surface area contributed by atoms with Gasteiger partial charge in [-0.2, -0.15) is 0 Å². The van der Waals surface area contributed by atoms with Crippen LogP contribution < -0.4 is 10.1 Å². The molecule has 1 aromatic carbocycles. The summed E-state index contributed by atoms with van der Waals surface area (Å²) >= 11 is 0. The van der Waals surface area contributed by atoms with E-state index in [4.69, 9.17) is 9.47 Å². The van der Waals surface area contributed by atoms with E-state index in [0.29, 0.717) is 25.4 Å². The van der Waals surface area contributed by atoms with Crippen LogP contribution in [0.5, 0.6) is 11.5 Å². The van der Waals surface area contributed by atoms with Gasteiger partial charge in [0.1, 0.15) is 0 Å². The van der Waals surface area contributed by atoms with Crippen LogP contribution in [-0.4, -0.2) is 56.9 Å². The first kappa shape index (κ1) is 16.3. The van der Waals surface area contributed by atoms with Gasteiger partial charge < -0.3 is 24.8 Å². The van der Waals surface area contributed by atoms with Crippen LogP contribution in [0.2, 0.25) is 0 Å². The van der Waals surface area contributed by atoms with Gasteiger partial charge in [0.05, 0.1) is 20.3 Å². The number of likely N-dealkylation sites (N-methyl/N-ethyl adjacent to an activating group) is 1. The molecule has 2 N–H and O–H groups in total. The molecule has 1 amide bonds. The first-order valence-corrected chi connectivity index (χ1v) is 6.38. The summed E-state index contributed by atoms with van der Waals surface area (Å²) in [5.41, 5.74) is 0.896. The normalized spacial score (nSPS) is 10.3. The van der Waals surface area contributed by atoms with Crippen LogP contribution in [0.15, 0.2) is 18.2 Å². The molecular formula is C14H22N2O4. The summed E-state index contributed by atoms with van der Waals surface area (Å²) < 4.78 is 9.93. The molecule has 0 heterocycles. The molecule has 0 radical (unpaired) electrons. The smallest absolute Gasteiger partial charge is 0.236 e. The minimum atomic E-state index is -0.00635. The van der Waals surface area contributed by atoms with Crippen LogP contribution in [0.3, 0.4) is 0 Å². The molecule has 0 aliphatic heterocycles. The minimum Gasteiger partial charge on any atom is -0.504 e. The van der Waals surface area contributed by atoms with Crippen LogP contribution in [0.1, 0.15) is 5.56 Å². The van der Waals surface area contributed by atoms with Crippen molar-refractivity contribution in [3.63, 3.8) is 0 Å². The number of nitrogens with one attached hydrogen (secondary N) is 1. The van der Waals surface area contributed by atoms with Gasteiger partial charge in [-0.15, -0.1) is 0 Å². The number of hydrogen-bond acceptors (Lipinski definition) is 5. The summed E-state index contributed by atoms with van der Waals surface area (Å²) in [5.74, 6) is 0.487. The molecule has 6 nitrogen and oxygen atoms in total. The average Bonchev–Trinajstić information content (AvgIpc) is 2.45. The highest BCUT2D eigenvalue weighted by atomic mass is 16.5. The molecule has 20 heavy (non-hydrogen) atoms. The summed E-state index contributed by atoms with van der Waals surface area (Å²) in [5, 5.41) is 12.5. The van der Waals surface area contributed by atoms with Gasteiger partial charge in [0.2, 0.25) is 5.91 Å². The molecule has 0 saturated carbocycles. The number of benzene rings is 1. The van der Waals surface area contributed by atoms with E-state index >= 15 is 0 Å². The van der Waals surface area contributed by atoms with E-state index in [2.05, 4.69) is 5.32 Å². The predicted molar refractivity (Wildman–Crippen MR) is 75.9 cm³/mol. The largest absolute Gasteiger partial charge is 0.504 e. The maximum Gasteiger partial charge on any atom is 0.236 e. The molecule has 0 aromatic heterocycles. The molecule has 6 heteroatoms. The van der Waals surface area contributed by atoms with Crippen LogP contribution in [0.25, 0.3) is 0 Å². The molecule has 0 spiro atoms. The molecule has 1 rings (SSSR count). The fraction of sp³-hybridized carbons (Fsp3) is 0.500. The number of carbonyl (C=O) groups excluding carboxylic acids is 1. The maximum atomic E-state index is 11.9. The quantitative estimate of drug-likeness (QED) is 0.683. The molecule has 0 fully saturated rings. The van der Waals surface area contributed by atoms with E-state index in [9.17, 15) is 9.90 Å². The Morgan fingerprint density at radius 3 is 2.80 bits per heavy atom. The molecule has 1 aromatic rings. The highest BCUT2D eigenvalue weighted by molar-refractivity contribution is 5.78. The molecule has 0 aliphatic carbocycles. The standard InChI is InChI=1S/C14H22N2O4/c1-16(14(18)9-15-6-7-19-2)10-11-4-5-12(17)13(8-11)20-3/h4-5,8,15,17H,6-7,9-10H2,1-3H3. The number of ether oxygens (including phenoxy) is 2. The number of aromatic hydroxyl groups is 1. The molecule has 112 valence electrons. The number of amides is 1. The molecular weight excluding hydrogens is 260 g/mol. The lowest BCUT2D eigenvalue weighted by atomic mass is 10.2. The predicted octanol–water partition coefficient (Wildman–Crippen LogP) is 0.595. The summed E-state index contributed by atoms with van der Waals surface area (Å²) in [6.45, 7) is 1.95. The van der Waals surface area contributed by atoms with E-state index in [0.717, 1.165) is 5.56 Å². The number of hydrogen-bond donors (Lipinski definition) is 2. The lowest BCUT2D eigenvalue weighted by Gasteiger charge is -2.18. The number of carbonyl (C=O) groups is 1.